The van der Waals surface area contributed by atoms with Crippen molar-refractivity contribution in [1.29, 1.82) is 0 Å². The molecule has 0 radical (unpaired) electrons. The number of hydrogen-bond donors (Lipinski definition) is 0. The first kappa shape index (κ1) is 34.7. The fraction of sp³-hybridized carbons (Fsp3) is 0.0169. The van der Waals surface area contributed by atoms with Crippen molar-refractivity contribution in [3.05, 3.63) is 241 Å². The van der Waals surface area contributed by atoms with Crippen molar-refractivity contribution in [2.24, 2.45) is 0 Å². The molecule has 2 aliphatic carbocycles. The minimum Gasteiger partial charge on any atom is -0.456 e. The summed E-state index contributed by atoms with van der Waals surface area (Å²) in [6.45, 7) is 0. The van der Waals surface area contributed by atoms with Crippen molar-refractivity contribution in [2.45, 2.75) is 5.41 Å². The van der Waals surface area contributed by atoms with Gasteiger partial charge in [-0.05, 0) is 109 Å². The minimum absolute atomic E-state index is 0.542. The summed E-state index contributed by atoms with van der Waals surface area (Å²) in [5.41, 5.74) is 20.8. The van der Waals surface area contributed by atoms with Gasteiger partial charge in [-0.15, -0.1) is 0 Å². The summed E-state index contributed by atoms with van der Waals surface area (Å²) < 4.78 is 6.23. The van der Waals surface area contributed by atoms with Crippen LogP contribution in [0, 0.1) is 0 Å². The highest BCUT2D eigenvalue weighted by atomic mass is 16.3. The molecule has 62 heavy (non-hydrogen) atoms. The predicted molar refractivity (Wildman–Crippen MR) is 253 cm³/mol. The molecule has 2 aromatic heterocycles. The molecule has 11 aromatic rings. The molecule has 3 nitrogen and oxygen atoms in total. The van der Waals surface area contributed by atoms with Crippen molar-refractivity contribution in [1.82, 2.24) is 9.97 Å². The topological polar surface area (TPSA) is 38.9 Å². The van der Waals surface area contributed by atoms with Gasteiger partial charge in [0, 0.05) is 27.5 Å². The first-order valence-electron chi connectivity index (χ1n) is 21.2. The van der Waals surface area contributed by atoms with Gasteiger partial charge >= 0.3 is 0 Å². The highest BCUT2D eigenvalue weighted by molar-refractivity contribution is 6.06. The fourth-order valence-corrected chi connectivity index (χ4v) is 10.4. The lowest BCUT2D eigenvalue weighted by Gasteiger charge is -2.35. The first-order chi connectivity index (χ1) is 30.7. The summed E-state index contributed by atoms with van der Waals surface area (Å²) in [5, 5.41) is 2.12. The van der Waals surface area contributed by atoms with E-state index in [-0.39, 0.29) is 0 Å². The van der Waals surface area contributed by atoms with Crippen LogP contribution in [-0.4, -0.2) is 9.97 Å². The molecule has 0 saturated heterocycles. The van der Waals surface area contributed by atoms with E-state index in [1.165, 1.54) is 55.6 Å². The Bertz CT molecular complexity index is 3530. The summed E-state index contributed by atoms with van der Waals surface area (Å²) in [5.74, 6) is 0.663. The van der Waals surface area contributed by atoms with Gasteiger partial charge in [0.25, 0.3) is 0 Å². The van der Waals surface area contributed by atoms with Gasteiger partial charge in [-0.3, -0.25) is 0 Å². The zero-order valence-electron chi connectivity index (χ0n) is 33.6. The average Bonchev–Trinajstić information content (AvgIpc) is 3.84. The molecule has 3 heteroatoms. The second kappa shape index (κ2) is 13.4. The number of benzene rings is 9. The smallest absolute Gasteiger partial charge is 0.160 e. The fourth-order valence-electron chi connectivity index (χ4n) is 10.4. The van der Waals surface area contributed by atoms with Crippen molar-refractivity contribution >= 4 is 21.9 Å². The predicted octanol–water partition coefficient (Wildman–Crippen LogP) is 15.1. The Morgan fingerprint density at radius 1 is 0.290 bits per heavy atom. The lowest BCUT2D eigenvalue weighted by atomic mass is 9.66. The maximum atomic E-state index is 6.23. The second-order valence-electron chi connectivity index (χ2n) is 16.4. The number of furan rings is 1. The van der Waals surface area contributed by atoms with Crippen LogP contribution in [0.2, 0.25) is 0 Å². The summed E-state index contributed by atoms with van der Waals surface area (Å²) >= 11 is 0. The molecule has 1 spiro atoms. The SMILES string of the molecule is c1ccc(-c2cccc(-c3cc(-c4ccc5c(c4)-c4ccccc4C54c5ccccc5-c5ccccc5-c5ccccc54)nc(-c4ccc5oc6ccccc6c5c4)n3)c2)cc1. The average molecular weight is 789 g/mol. The zero-order valence-corrected chi connectivity index (χ0v) is 33.6. The quantitative estimate of drug-likeness (QED) is 0.178. The molecular formula is C59H36N2O. The number of nitrogens with zero attached hydrogens (tertiary/aromatic N) is 2. The van der Waals surface area contributed by atoms with E-state index in [1.807, 2.05) is 18.2 Å². The third-order valence-corrected chi connectivity index (χ3v) is 13.1. The molecule has 0 unspecified atom stereocenters. The van der Waals surface area contributed by atoms with E-state index < -0.39 is 5.41 Å². The molecular weight excluding hydrogens is 753 g/mol. The van der Waals surface area contributed by atoms with Gasteiger partial charge in [-0.2, -0.15) is 0 Å². The van der Waals surface area contributed by atoms with Crippen LogP contribution in [0.1, 0.15) is 22.3 Å². The van der Waals surface area contributed by atoms with Crippen LogP contribution >= 0.6 is 0 Å². The highest BCUT2D eigenvalue weighted by Crippen LogP contribution is 2.61. The van der Waals surface area contributed by atoms with Gasteiger partial charge in [0.2, 0.25) is 0 Å². The number of fused-ring (bicyclic) bond motifs is 15. The van der Waals surface area contributed by atoms with Gasteiger partial charge in [-0.1, -0.05) is 176 Å². The largest absolute Gasteiger partial charge is 0.456 e. The van der Waals surface area contributed by atoms with E-state index in [0.717, 1.165) is 61.1 Å². The molecule has 0 bridgehead atoms. The van der Waals surface area contributed by atoms with Gasteiger partial charge in [0.05, 0.1) is 16.8 Å². The Balaban J connectivity index is 1.05. The van der Waals surface area contributed by atoms with Crippen LogP contribution in [0.3, 0.4) is 0 Å². The molecule has 13 rings (SSSR count). The van der Waals surface area contributed by atoms with Gasteiger partial charge in [0.1, 0.15) is 11.2 Å². The van der Waals surface area contributed by atoms with E-state index in [4.69, 9.17) is 14.4 Å². The molecule has 0 N–H and O–H groups in total. The van der Waals surface area contributed by atoms with Gasteiger partial charge in [0.15, 0.2) is 5.82 Å². The van der Waals surface area contributed by atoms with Crippen molar-refractivity contribution < 1.29 is 4.42 Å². The molecule has 2 aliphatic rings. The van der Waals surface area contributed by atoms with Crippen LogP contribution in [-0.2, 0) is 5.41 Å². The Kier molecular flexibility index (Phi) is 7.52. The summed E-state index contributed by atoms with van der Waals surface area (Å²) in [6.07, 6.45) is 0. The van der Waals surface area contributed by atoms with E-state index in [2.05, 4.69) is 200 Å². The molecule has 0 atom stereocenters. The molecule has 9 aromatic carbocycles. The van der Waals surface area contributed by atoms with Crippen molar-refractivity contribution in [3.8, 4) is 78.4 Å². The standard InChI is InChI=1S/C59H36N2O/c1-2-15-37(16-3-1)38-17-14-18-39(33-38)54-36-55(61-58(60-54)41-30-32-57-49(35-41)47-24-9-13-28-56(47)62-57)40-29-31-53-48(34-40)46-23-8-12-27-52(46)59(53)50-25-10-6-21-44(50)42-19-4-5-20-43(42)45-22-7-11-26-51(45)59/h1-36H. The Hall–Kier alpha value is -8.14. The molecule has 0 fully saturated rings. The highest BCUT2D eigenvalue weighted by Gasteiger charge is 2.49. The van der Waals surface area contributed by atoms with E-state index in [0.29, 0.717) is 5.82 Å². The monoisotopic (exact) mass is 788 g/mol. The van der Waals surface area contributed by atoms with Crippen LogP contribution in [0.15, 0.2) is 223 Å². The normalized spacial score (nSPS) is 13.0. The minimum atomic E-state index is -0.542. The van der Waals surface area contributed by atoms with E-state index in [9.17, 15) is 0 Å². The van der Waals surface area contributed by atoms with Crippen LogP contribution in [0.5, 0.6) is 0 Å². The molecule has 288 valence electrons. The van der Waals surface area contributed by atoms with Gasteiger partial charge in [-0.25, -0.2) is 9.97 Å². The summed E-state index contributed by atoms with van der Waals surface area (Å²) in [6, 6.07) is 78.8. The van der Waals surface area contributed by atoms with Crippen molar-refractivity contribution in [3.63, 3.8) is 0 Å². The Morgan fingerprint density at radius 3 is 1.48 bits per heavy atom. The van der Waals surface area contributed by atoms with Crippen LogP contribution in [0.25, 0.3) is 100 Å². The van der Waals surface area contributed by atoms with Crippen LogP contribution in [0.4, 0.5) is 0 Å². The number of para-hydroxylation sites is 1. The maximum Gasteiger partial charge on any atom is 0.160 e. The zero-order chi connectivity index (χ0) is 40.8. The summed E-state index contributed by atoms with van der Waals surface area (Å²) in [7, 11) is 0. The van der Waals surface area contributed by atoms with E-state index in [1.54, 1.807) is 0 Å². The number of aromatic nitrogens is 2. The third kappa shape index (κ3) is 5.06. The summed E-state index contributed by atoms with van der Waals surface area (Å²) in [4.78, 5) is 10.7. The Morgan fingerprint density at radius 2 is 0.790 bits per heavy atom. The molecule has 0 aliphatic heterocycles. The Labute approximate surface area is 359 Å². The number of hydrogen-bond acceptors (Lipinski definition) is 3. The van der Waals surface area contributed by atoms with E-state index >= 15 is 0 Å². The second-order valence-corrected chi connectivity index (χ2v) is 16.4. The van der Waals surface area contributed by atoms with Gasteiger partial charge < -0.3 is 4.42 Å². The molecule has 2 heterocycles. The lowest BCUT2D eigenvalue weighted by molar-refractivity contribution is 0.669. The first-order valence-corrected chi connectivity index (χ1v) is 21.2. The van der Waals surface area contributed by atoms with Crippen molar-refractivity contribution in [2.75, 3.05) is 0 Å². The number of rotatable bonds is 4. The lowest BCUT2D eigenvalue weighted by Crippen LogP contribution is -2.29. The third-order valence-electron chi connectivity index (χ3n) is 13.1. The van der Waals surface area contributed by atoms with Crippen LogP contribution < -0.4 is 0 Å². The molecule has 0 amide bonds. The maximum absolute atomic E-state index is 6.23. The molecule has 0 saturated carbocycles.